The van der Waals surface area contributed by atoms with Gasteiger partial charge in [-0.2, -0.15) is 0 Å². The monoisotopic (exact) mass is 248 g/mol. The number of hydrogen-bond donors (Lipinski definition) is 1. The smallest absolute Gasteiger partial charge is 0.196 e. The van der Waals surface area contributed by atoms with E-state index in [0.717, 1.165) is 36.7 Å². The van der Waals surface area contributed by atoms with Crippen molar-refractivity contribution in [2.45, 2.75) is 27.2 Å². The molecule has 0 spiro atoms. The summed E-state index contributed by atoms with van der Waals surface area (Å²) < 4.78 is 11.0. The summed E-state index contributed by atoms with van der Waals surface area (Å²) in [6, 6.07) is 1.92. The summed E-state index contributed by atoms with van der Waals surface area (Å²) in [4.78, 5) is 4.26. The third kappa shape index (κ3) is 3.23. The van der Waals surface area contributed by atoms with Crippen LogP contribution in [0.2, 0.25) is 0 Å². The molecule has 0 bridgehead atoms. The molecule has 0 radical (unpaired) electrons. The highest BCUT2D eigenvalue weighted by molar-refractivity contribution is 5.53. The summed E-state index contributed by atoms with van der Waals surface area (Å²) in [6.45, 7) is 8.28. The maximum absolute atomic E-state index is 5.67. The first-order valence-electron chi connectivity index (χ1n) is 6.36. The number of rotatable bonds is 6. The maximum atomic E-state index is 5.67. The lowest BCUT2D eigenvalue weighted by molar-refractivity contribution is 0.467. The molecule has 0 saturated heterocycles. The van der Waals surface area contributed by atoms with Crippen LogP contribution in [0.15, 0.2) is 27.4 Å². The number of oxazole rings is 1. The molecule has 0 aliphatic rings. The van der Waals surface area contributed by atoms with E-state index in [0.29, 0.717) is 11.7 Å². The van der Waals surface area contributed by atoms with E-state index in [4.69, 9.17) is 8.83 Å². The third-order valence-electron chi connectivity index (χ3n) is 2.71. The molecular weight excluding hydrogens is 228 g/mol. The molecule has 0 saturated carbocycles. The molecule has 0 aliphatic heterocycles. The van der Waals surface area contributed by atoms with Crippen molar-refractivity contribution in [1.29, 1.82) is 0 Å². The van der Waals surface area contributed by atoms with Gasteiger partial charge in [0.2, 0.25) is 0 Å². The highest BCUT2D eigenvalue weighted by Gasteiger charge is 2.11. The molecule has 98 valence electrons. The number of aryl methyl sites for hydroxylation is 1. The van der Waals surface area contributed by atoms with Crippen molar-refractivity contribution < 1.29 is 8.83 Å². The minimum Gasteiger partial charge on any atom is -0.461 e. The van der Waals surface area contributed by atoms with E-state index in [1.165, 1.54) is 0 Å². The number of furan rings is 1. The van der Waals surface area contributed by atoms with E-state index in [1.807, 2.05) is 13.0 Å². The van der Waals surface area contributed by atoms with Gasteiger partial charge >= 0.3 is 0 Å². The Morgan fingerprint density at radius 2 is 2.22 bits per heavy atom. The van der Waals surface area contributed by atoms with Crippen LogP contribution in [0.25, 0.3) is 11.5 Å². The van der Waals surface area contributed by atoms with Crippen molar-refractivity contribution in [3.63, 3.8) is 0 Å². The molecule has 2 rings (SSSR count). The predicted molar refractivity (Wildman–Crippen MR) is 70.4 cm³/mol. The first-order chi connectivity index (χ1) is 8.66. The second kappa shape index (κ2) is 5.87. The van der Waals surface area contributed by atoms with E-state index in [9.17, 15) is 0 Å². The number of nitrogens with zero attached hydrogens (tertiary/aromatic N) is 1. The summed E-state index contributed by atoms with van der Waals surface area (Å²) in [5, 5.41) is 3.37. The third-order valence-corrected chi connectivity index (χ3v) is 2.71. The van der Waals surface area contributed by atoms with Crippen molar-refractivity contribution in [2.75, 3.05) is 13.1 Å². The standard InChI is InChI=1S/C14H20N2O2/c1-10(2)8-15-6-4-13-16-9-12(18-13)14-11(3)5-7-17-14/h5,7,9-10,15H,4,6,8H2,1-3H3. The van der Waals surface area contributed by atoms with Gasteiger partial charge < -0.3 is 14.2 Å². The van der Waals surface area contributed by atoms with Gasteiger partial charge in [0.25, 0.3) is 0 Å². The minimum absolute atomic E-state index is 0.663. The van der Waals surface area contributed by atoms with Gasteiger partial charge in [-0.3, -0.25) is 0 Å². The van der Waals surface area contributed by atoms with Gasteiger partial charge in [-0.05, 0) is 31.0 Å². The quantitative estimate of drug-likeness (QED) is 0.798. The van der Waals surface area contributed by atoms with E-state index >= 15 is 0 Å². The first kappa shape index (κ1) is 12.9. The zero-order valence-corrected chi connectivity index (χ0v) is 11.2. The molecule has 0 amide bonds. The molecule has 1 N–H and O–H groups in total. The highest BCUT2D eigenvalue weighted by Crippen LogP contribution is 2.24. The Morgan fingerprint density at radius 3 is 2.89 bits per heavy atom. The van der Waals surface area contributed by atoms with Crippen LogP contribution in [-0.2, 0) is 6.42 Å². The fourth-order valence-corrected chi connectivity index (χ4v) is 1.74. The summed E-state index contributed by atoms with van der Waals surface area (Å²) in [5.74, 6) is 2.88. The van der Waals surface area contributed by atoms with Gasteiger partial charge in [-0.1, -0.05) is 13.8 Å². The topological polar surface area (TPSA) is 51.2 Å². The second-order valence-electron chi connectivity index (χ2n) is 4.90. The Morgan fingerprint density at radius 1 is 1.39 bits per heavy atom. The fraction of sp³-hybridized carbons (Fsp3) is 0.500. The number of nitrogens with one attached hydrogen (secondary N) is 1. The van der Waals surface area contributed by atoms with Crippen molar-refractivity contribution >= 4 is 0 Å². The Kier molecular flexibility index (Phi) is 4.20. The lowest BCUT2D eigenvalue weighted by Gasteiger charge is -2.05. The van der Waals surface area contributed by atoms with E-state index < -0.39 is 0 Å². The molecule has 2 heterocycles. The number of hydrogen-bond acceptors (Lipinski definition) is 4. The fourth-order valence-electron chi connectivity index (χ4n) is 1.74. The van der Waals surface area contributed by atoms with Crippen molar-refractivity contribution in [1.82, 2.24) is 10.3 Å². The Labute approximate surface area is 107 Å². The van der Waals surface area contributed by atoms with Gasteiger partial charge in [0.1, 0.15) is 0 Å². The lowest BCUT2D eigenvalue weighted by atomic mass is 10.2. The Balaban J connectivity index is 1.89. The average Bonchev–Trinajstić information content (AvgIpc) is 2.92. The van der Waals surface area contributed by atoms with Crippen LogP contribution in [0, 0.1) is 12.8 Å². The van der Waals surface area contributed by atoms with Crippen LogP contribution >= 0.6 is 0 Å². The molecule has 0 aromatic carbocycles. The van der Waals surface area contributed by atoms with Crippen LogP contribution in [0.3, 0.4) is 0 Å². The molecule has 4 nitrogen and oxygen atoms in total. The van der Waals surface area contributed by atoms with Gasteiger partial charge in [0.05, 0.1) is 12.5 Å². The average molecular weight is 248 g/mol. The largest absolute Gasteiger partial charge is 0.461 e. The van der Waals surface area contributed by atoms with Gasteiger partial charge in [0.15, 0.2) is 17.4 Å². The van der Waals surface area contributed by atoms with Crippen LogP contribution in [0.5, 0.6) is 0 Å². The van der Waals surface area contributed by atoms with Gasteiger partial charge in [-0.15, -0.1) is 0 Å². The highest BCUT2D eigenvalue weighted by atomic mass is 16.4. The minimum atomic E-state index is 0.663. The summed E-state index contributed by atoms with van der Waals surface area (Å²) >= 11 is 0. The van der Waals surface area contributed by atoms with Crippen LogP contribution < -0.4 is 5.32 Å². The molecule has 18 heavy (non-hydrogen) atoms. The van der Waals surface area contributed by atoms with Gasteiger partial charge in [0, 0.05) is 13.0 Å². The normalized spacial score (nSPS) is 11.3. The summed E-state index contributed by atoms with van der Waals surface area (Å²) in [6.07, 6.45) is 4.19. The van der Waals surface area contributed by atoms with E-state index in [1.54, 1.807) is 12.5 Å². The molecule has 0 fully saturated rings. The van der Waals surface area contributed by atoms with Crippen LogP contribution in [-0.4, -0.2) is 18.1 Å². The molecule has 2 aromatic heterocycles. The second-order valence-corrected chi connectivity index (χ2v) is 4.90. The van der Waals surface area contributed by atoms with Crippen molar-refractivity contribution in [3.05, 3.63) is 30.0 Å². The van der Waals surface area contributed by atoms with E-state index in [-0.39, 0.29) is 0 Å². The van der Waals surface area contributed by atoms with Crippen LogP contribution in [0.1, 0.15) is 25.3 Å². The van der Waals surface area contributed by atoms with Crippen molar-refractivity contribution in [3.8, 4) is 11.5 Å². The molecule has 0 atom stereocenters. The van der Waals surface area contributed by atoms with Crippen molar-refractivity contribution in [2.24, 2.45) is 5.92 Å². The molecule has 0 unspecified atom stereocenters. The zero-order valence-electron chi connectivity index (χ0n) is 11.2. The molecular formula is C14H20N2O2. The number of aromatic nitrogens is 1. The molecule has 2 aromatic rings. The summed E-state index contributed by atoms with van der Waals surface area (Å²) in [5.41, 5.74) is 1.07. The lowest BCUT2D eigenvalue weighted by Crippen LogP contribution is -2.22. The zero-order chi connectivity index (χ0) is 13.0. The Hall–Kier alpha value is -1.55. The molecule has 0 aliphatic carbocycles. The van der Waals surface area contributed by atoms with Crippen LogP contribution in [0.4, 0.5) is 0 Å². The SMILES string of the molecule is Cc1ccoc1-c1cnc(CCNCC(C)C)o1. The maximum Gasteiger partial charge on any atom is 0.196 e. The first-order valence-corrected chi connectivity index (χ1v) is 6.36. The predicted octanol–water partition coefficient (Wildman–Crippen LogP) is 3.03. The summed E-state index contributed by atoms with van der Waals surface area (Å²) in [7, 11) is 0. The van der Waals surface area contributed by atoms with Gasteiger partial charge in [-0.25, -0.2) is 4.98 Å². The molecule has 4 heteroatoms. The Bertz CT molecular complexity index is 485. The van der Waals surface area contributed by atoms with E-state index in [2.05, 4.69) is 24.1 Å².